The Hall–Kier alpha value is -8.72. The van der Waals surface area contributed by atoms with E-state index in [0.717, 1.165) is 28.3 Å². The molecule has 1 heterocycles. The number of para-hydroxylation sites is 4. The Morgan fingerprint density at radius 1 is 0.242 bits per heavy atom. The van der Waals surface area contributed by atoms with Crippen LogP contribution in [0.4, 0.5) is 17.1 Å². The predicted molar refractivity (Wildman–Crippen MR) is 280 cm³/mol. The van der Waals surface area contributed by atoms with Crippen LogP contribution in [0.3, 0.4) is 0 Å². The van der Waals surface area contributed by atoms with Gasteiger partial charge in [-0.15, -0.1) is 0 Å². The van der Waals surface area contributed by atoms with E-state index in [0.29, 0.717) is 0 Å². The number of anilines is 3. The summed E-state index contributed by atoms with van der Waals surface area (Å²) in [5.41, 5.74) is 18.6. The molecule has 0 fully saturated rings. The highest BCUT2D eigenvalue weighted by molar-refractivity contribution is 6.10. The smallest absolute Gasteiger partial charge is 0.0702 e. The van der Waals surface area contributed by atoms with Gasteiger partial charge in [-0.3, -0.25) is 0 Å². The molecule has 2 heteroatoms. The van der Waals surface area contributed by atoms with E-state index in [4.69, 9.17) is 0 Å². The topological polar surface area (TPSA) is 8.17 Å². The number of hydrogen-bond donors (Lipinski definition) is 0. The summed E-state index contributed by atoms with van der Waals surface area (Å²) in [5.74, 6) is 0. The molecule has 12 rings (SSSR count). The third-order valence-electron chi connectivity index (χ3n) is 13.0. The zero-order valence-corrected chi connectivity index (χ0v) is 36.3. The molecule has 310 valence electrons. The lowest BCUT2D eigenvalue weighted by Crippen LogP contribution is -2.13. The van der Waals surface area contributed by atoms with Crippen molar-refractivity contribution in [1.82, 2.24) is 4.57 Å². The molecule has 0 spiro atoms. The first-order valence-electron chi connectivity index (χ1n) is 22.7. The fourth-order valence-electron chi connectivity index (χ4n) is 9.69. The second-order valence-corrected chi connectivity index (χ2v) is 17.0. The number of benzene rings is 11. The summed E-state index contributed by atoms with van der Waals surface area (Å²) in [7, 11) is 0. The van der Waals surface area contributed by atoms with Crippen molar-refractivity contribution in [2.24, 2.45) is 0 Å². The molecule has 66 heavy (non-hydrogen) atoms. The van der Waals surface area contributed by atoms with E-state index in [9.17, 15) is 0 Å². The standard InChI is InChI=1S/C64H44N2/c1-3-16-45(17-4-1)54-42-55(46-18-5-2-6-19-46)44-56(43-54)49-34-38-58(39-35-49)65(63-28-13-14-29-64(63)66-61-26-11-9-24-59(61)60-25-10-12-27-62(60)66)57-36-32-48(33-37-57)51-22-15-23-52(40-51)53-31-30-47-20-7-8-21-50(47)41-53/h1-44H. The largest absolute Gasteiger partial charge is 0.308 e. The van der Waals surface area contributed by atoms with Gasteiger partial charge < -0.3 is 9.47 Å². The van der Waals surface area contributed by atoms with E-state index in [-0.39, 0.29) is 0 Å². The van der Waals surface area contributed by atoms with Crippen molar-refractivity contribution in [3.05, 3.63) is 267 Å². The summed E-state index contributed by atoms with van der Waals surface area (Å²) in [6.07, 6.45) is 0. The summed E-state index contributed by atoms with van der Waals surface area (Å²) in [4.78, 5) is 2.41. The lowest BCUT2D eigenvalue weighted by atomic mass is 9.93. The molecule has 0 N–H and O–H groups in total. The molecule has 0 aliphatic carbocycles. The highest BCUT2D eigenvalue weighted by atomic mass is 15.2. The Labute approximate surface area is 385 Å². The van der Waals surface area contributed by atoms with Gasteiger partial charge in [0, 0.05) is 22.1 Å². The molecular weight excluding hydrogens is 797 g/mol. The van der Waals surface area contributed by atoms with E-state index in [2.05, 4.69) is 276 Å². The highest BCUT2D eigenvalue weighted by Gasteiger charge is 2.21. The Kier molecular flexibility index (Phi) is 9.89. The molecule has 0 atom stereocenters. The van der Waals surface area contributed by atoms with Crippen molar-refractivity contribution in [1.29, 1.82) is 0 Å². The van der Waals surface area contributed by atoms with E-state index in [1.165, 1.54) is 82.6 Å². The van der Waals surface area contributed by atoms with Gasteiger partial charge in [0.2, 0.25) is 0 Å². The first kappa shape index (κ1) is 38.9. The SMILES string of the molecule is c1ccc(-c2cc(-c3ccccc3)cc(-c3ccc(N(c4ccc(-c5cccc(-c6ccc7ccccc7c6)c5)cc4)c4ccccc4-n4c5ccccc5c5ccccc54)cc3)c2)cc1. The molecule has 11 aromatic carbocycles. The van der Waals surface area contributed by atoms with Gasteiger partial charge in [-0.2, -0.15) is 0 Å². The first-order valence-corrected chi connectivity index (χ1v) is 22.7. The van der Waals surface area contributed by atoms with Gasteiger partial charge in [0.1, 0.15) is 0 Å². The number of rotatable bonds is 9. The summed E-state index contributed by atoms with van der Waals surface area (Å²) in [6.45, 7) is 0. The van der Waals surface area contributed by atoms with Crippen molar-refractivity contribution < 1.29 is 0 Å². The maximum atomic E-state index is 2.42. The van der Waals surface area contributed by atoms with Crippen LogP contribution >= 0.6 is 0 Å². The molecule has 0 unspecified atom stereocenters. The van der Waals surface area contributed by atoms with Gasteiger partial charge in [-0.25, -0.2) is 0 Å². The zero-order chi connectivity index (χ0) is 43.8. The van der Waals surface area contributed by atoms with E-state index < -0.39 is 0 Å². The minimum absolute atomic E-state index is 1.07. The van der Waals surface area contributed by atoms with Crippen LogP contribution in [-0.4, -0.2) is 4.57 Å². The van der Waals surface area contributed by atoms with Crippen LogP contribution in [0.25, 0.3) is 93.9 Å². The Morgan fingerprint density at radius 2 is 0.636 bits per heavy atom. The van der Waals surface area contributed by atoms with E-state index in [1.807, 2.05) is 0 Å². The van der Waals surface area contributed by atoms with Crippen molar-refractivity contribution in [2.75, 3.05) is 4.90 Å². The number of aromatic nitrogens is 1. The zero-order valence-electron chi connectivity index (χ0n) is 36.3. The summed E-state index contributed by atoms with van der Waals surface area (Å²) >= 11 is 0. The second kappa shape index (κ2) is 16.8. The van der Waals surface area contributed by atoms with Gasteiger partial charge >= 0.3 is 0 Å². The molecule has 0 bridgehead atoms. The normalized spacial score (nSPS) is 11.3. The fourth-order valence-corrected chi connectivity index (χ4v) is 9.69. The second-order valence-electron chi connectivity index (χ2n) is 17.0. The molecule has 0 radical (unpaired) electrons. The first-order chi connectivity index (χ1) is 32.7. The van der Waals surface area contributed by atoms with Gasteiger partial charge in [0.15, 0.2) is 0 Å². The Morgan fingerprint density at radius 3 is 1.23 bits per heavy atom. The monoisotopic (exact) mass is 840 g/mol. The average molecular weight is 841 g/mol. The van der Waals surface area contributed by atoms with Crippen LogP contribution < -0.4 is 4.90 Å². The predicted octanol–water partition coefficient (Wildman–Crippen LogP) is 17.7. The third kappa shape index (κ3) is 7.21. The molecular formula is C64H44N2. The third-order valence-corrected chi connectivity index (χ3v) is 13.0. The summed E-state index contributed by atoms with van der Waals surface area (Å²) < 4.78 is 2.42. The molecule has 0 saturated carbocycles. The van der Waals surface area contributed by atoms with Gasteiger partial charge in [0.25, 0.3) is 0 Å². The quantitative estimate of drug-likeness (QED) is 0.141. The van der Waals surface area contributed by atoms with Gasteiger partial charge in [0.05, 0.1) is 22.4 Å². The number of fused-ring (bicyclic) bond motifs is 4. The maximum absolute atomic E-state index is 2.42. The lowest BCUT2D eigenvalue weighted by molar-refractivity contribution is 1.15. The minimum Gasteiger partial charge on any atom is -0.308 e. The molecule has 0 aliphatic heterocycles. The van der Waals surface area contributed by atoms with Crippen LogP contribution in [0.2, 0.25) is 0 Å². The number of nitrogens with zero attached hydrogens (tertiary/aromatic N) is 2. The van der Waals surface area contributed by atoms with Crippen LogP contribution in [0.5, 0.6) is 0 Å². The average Bonchev–Trinajstić information content (AvgIpc) is 3.74. The van der Waals surface area contributed by atoms with Crippen molar-refractivity contribution >= 4 is 49.6 Å². The number of hydrogen-bond acceptors (Lipinski definition) is 1. The molecule has 2 nitrogen and oxygen atoms in total. The molecule has 0 aliphatic rings. The fraction of sp³-hybridized carbons (Fsp3) is 0. The maximum Gasteiger partial charge on any atom is 0.0702 e. The molecule has 0 amide bonds. The molecule has 12 aromatic rings. The molecule has 0 saturated heterocycles. The molecule has 1 aromatic heterocycles. The van der Waals surface area contributed by atoms with Crippen LogP contribution in [0.15, 0.2) is 267 Å². The van der Waals surface area contributed by atoms with E-state index in [1.54, 1.807) is 0 Å². The van der Waals surface area contributed by atoms with Gasteiger partial charge in [-0.05, 0) is 145 Å². The van der Waals surface area contributed by atoms with Crippen LogP contribution in [0.1, 0.15) is 0 Å². The van der Waals surface area contributed by atoms with Crippen LogP contribution in [-0.2, 0) is 0 Å². The van der Waals surface area contributed by atoms with Crippen molar-refractivity contribution in [2.45, 2.75) is 0 Å². The highest BCUT2D eigenvalue weighted by Crippen LogP contribution is 2.43. The Bertz CT molecular complexity index is 3570. The van der Waals surface area contributed by atoms with Gasteiger partial charge in [-0.1, -0.05) is 188 Å². The summed E-state index contributed by atoms with van der Waals surface area (Å²) in [6, 6.07) is 97.0. The van der Waals surface area contributed by atoms with E-state index >= 15 is 0 Å². The van der Waals surface area contributed by atoms with Crippen molar-refractivity contribution in [3.63, 3.8) is 0 Å². The summed E-state index contributed by atoms with van der Waals surface area (Å²) in [5, 5.41) is 4.97. The lowest BCUT2D eigenvalue weighted by Gasteiger charge is -2.28. The van der Waals surface area contributed by atoms with Crippen molar-refractivity contribution in [3.8, 4) is 61.3 Å². The van der Waals surface area contributed by atoms with Crippen LogP contribution in [0, 0.1) is 0 Å². The minimum atomic E-state index is 1.07. The Balaban J connectivity index is 0.982.